The molecule has 2 aliphatic heterocycles. The minimum atomic E-state index is -4.50. The number of piperazine rings is 1. The van der Waals surface area contributed by atoms with Crippen molar-refractivity contribution in [1.29, 1.82) is 0 Å². The van der Waals surface area contributed by atoms with E-state index >= 15 is 0 Å². The molecule has 182 valence electrons. The molecule has 0 saturated carbocycles. The smallest absolute Gasteiger partial charge is 0.416 e. The number of rotatable bonds is 3. The highest BCUT2D eigenvalue weighted by molar-refractivity contribution is 6.04. The number of methoxy groups -OCH3 is 1. The first-order valence-electron chi connectivity index (χ1n) is 11.3. The highest BCUT2D eigenvalue weighted by atomic mass is 19.4. The van der Waals surface area contributed by atoms with Gasteiger partial charge in [0.05, 0.1) is 18.2 Å². The second-order valence-corrected chi connectivity index (χ2v) is 9.06. The average Bonchev–Trinajstić information content (AvgIpc) is 2.93. The molecular weight excluding hydrogens is 447 g/mol. The highest BCUT2D eigenvalue weighted by Crippen LogP contribution is 2.42. The van der Waals surface area contributed by atoms with Gasteiger partial charge in [-0.1, -0.05) is 13.8 Å². The van der Waals surface area contributed by atoms with Gasteiger partial charge in [0.1, 0.15) is 23.0 Å². The first kappa shape index (κ1) is 23.9. The number of nitrogens with zero attached hydrogens (tertiary/aromatic N) is 3. The van der Waals surface area contributed by atoms with Crippen molar-refractivity contribution >= 4 is 17.4 Å². The Balaban J connectivity index is 1.74. The van der Waals surface area contributed by atoms with Crippen molar-refractivity contribution in [1.82, 2.24) is 9.80 Å². The largest absolute Gasteiger partial charge is 0.497 e. The van der Waals surface area contributed by atoms with E-state index in [0.29, 0.717) is 49.0 Å². The second-order valence-electron chi connectivity index (χ2n) is 9.06. The van der Waals surface area contributed by atoms with E-state index in [0.717, 1.165) is 12.1 Å². The molecule has 0 N–H and O–H groups in total. The first-order valence-corrected chi connectivity index (χ1v) is 11.3. The minimum Gasteiger partial charge on any atom is -0.497 e. The third-order valence-corrected chi connectivity index (χ3v) is 5.99. The lowest BCUT2D eigenvalue weighted by atomic mass is 10.1. The number of halogens is 3. The second kappa shape index (κ2) is 9.19. The van der Waals surface area contributed by atoms with E-state index < -0.39 is 11.7 Å². The number of carbonyl (C=O) groups is 1. The van der Waals surface area contributed by atoms with Crippen LogP contribution in [0.4, 0.5) is 18.9 Å². The van der Waals surface area contributed by atoms with Crippen LogP contribution in [0.3, 0.4) is 0 Å². The Kier molecular flexibility index (Phi) is 6.47. The Hall–Kier alpha value is -3.23. The third-order valence-electron chi connectivity index (χ3n) is 5.99. The summed E-state index contributed by atoms with van der Waals surface area (Å²) >= 11 is 0. The van der Waals surface area contributed by atoms with Gasteiger partial charge < -0.3 is 19.3 Å². The number of benzene rings is 2. The zero-order valence-corrected chi connectivity index (χ0v) is 19.6. The SMILES string of the molecule is COc1ccc2c(c1)C(N1CCN(C(=O)CC(C)C)C(C)C1)=Nc1cc(C(F)(F)F)ccc1O2. The van der Waals surface area contributed by atoms with E-state index in [1.807, 2.05) is 30.6 Å². The van der Waals surface area contributed by atoms with E-state index in [2.05, 4.69) is 4.99 Å². The van der Waals surface area contributed by atoms with Gasteiger partial charge in [-0.15, -0.1) is 0 Å². The molecule has 1 atom stereocenters. The maximum Gasteiger partial charge on any atom is 0.416 e. The van der Waals surface area contributed by atoms with Crippen LogP contribution in [0.2, 0.25) is 0 Å². The fourth-order valence-electron chi connectivity index (χ4n) is 4.29. The Labute approximate surface area is 197 Å². The van der Waals surface area contributed by atoms with Gasteiger partial charge in [0.25, 0.3) is 0 Å². The molecule has 6 nitrogen and oxygen atoms in total. The van der Waals surface area contributed by atoms with E-state index in [1.165, 1.54) is 6.07 Å². The van der Waals surface area contributed by atoms with Crippen molar-refractivity contribution in [3.05, 3.63) is 47.5 Å². The van der Waals surface area contributed by atoms with Crippen LogP contribution in [-0.4, -0.2) is 54.3 Å². The summed E-state index contributed by atoms with van der Waals surface area (Å²) in [7, 11) is 1.54. The molecule has 0 aliphatic carbocycles. The van der Waals surface area contributed by atoms with E-state index in [-0.39, 0.29) is 29.3 Å². The number of hydrogen-bond donors (Lipinski definition) is 0. The summed E-state index contributed by atoms with van der Waals surface area (Å²) in [6, 6.07) is 8.43. The standard InChI is InChI=1S/C25H28F3N3O3/c1-15(2)11-23(32)31-10-9-30(14-16(31)3)24-19-13-18(33-4)6-8-21(19)34-22-7-5-17(25(26,27)28)12-20(22)29-24/h5-8,12-13,15-16H,9-11,14H2,1-4H3. The van der Waals surface area contributed by atoms with Crippen molar-refractivity contribution in [3.8, 4) is 17.2 Å². The van der Waals surface area contributed by atoms with Gasteiger partial charge >= 0.3 is 6.18 Å². The van der Waals surface area contributed by atoms with Gasteiger partial charge in [0, 0.05) is 32.1 Å². The summed E-state index contributed by atoms with van der Waals surface area (Å²) in [6.07, 6.45) is -4.02. The van der Waals surface area contributed by atoms with Crippen LogP contribution in [0.5, 0.6) is 17.2 Å². The molecule has 4 rings (SSSR count). The Bertz CT molecular complexity index is 1110. The van der Waals surface area contributed by atoms with Crippen molar-refractivity contribution in [2.45, 2.75) is 39.4 Å². The Morgan fingerprint density at radius 2 is 1.91 bits per heavy atom. The van der Waals surface area contributed by atoms with Crippen LogP contribution in [0.15, 0.2) is 41.4 Å². The number of alkyl halides is 3. The van der Waals surface area contributed by atoms with Gasteiger partial charge in [0.2, 0.25) is 5.91 Å². The Morgan fingerprint density at radius 1 is 1.18 bits per heavy atom. The number of ether oxygens (including phenoxy) is 2. The van der Waals surface area contributed by atoms with Crippen LogP contribution in [0.1, 0.15) is 38.3 Å². The highest BCUT2D eigenvalue weighted by Gasteiger charge is 2.34. The topological polar surface area (TPSA) is 54.4 Å². The molecular formula is C25H28F3N3O3. The normalized spacial score (nSPS) is 18.0. The third kappa shape index (κ3) is 4.83. The maximum atomic E-state index is 13.4. The summed E-state index contributed by atoms with van der Waals surface area (Å²) in [5, 5.41) is 0. The number of amidine groups is 1. The number of amides is 1. The lowest BCUT2D eigenvalue weighted by Crippen LogP contribution is -2.55. The van der Waals surface area contributed by atoms with Gasteiger partial charge in [-0.25, -0.2) is 4.99 Å². The van der Waals surface area contributed by atoms with Gasteiger partial charge in [-0.2, -0.15) is 13.2 Å². The average molecular weight is 476 g/mol. The van der Waals surface area contributed by atoms with Gasteiger partial charge in [-0.05, 0) is 49.2 Å². The van der Waals surface area contributed by atoms with E-state index in [1.54, 1.807) is 25.3 Å². The lowest BCUT2D eigenvalue weighted by molar-refractivity contribution is -0.137. The van der Waals surface area contributed by atoms with Crippen molar-refractivity contribution in [3.63, 3.8) is 0 Å². The molecule has 0 spiro atoms. The molecule has 2 aliphatic rings. The lowest BCUT2D eigenvalue weighted by Gasteiger charge is -2.41. The quantitative estimate of drug-likeness (QED) is 0.590. The fourth-order valence-corrected chi connectivity index (χ4v) is 4.29. The van der Waals surface area contributed by atoms with Crippen LogP contribution < -0.4 is 9.47 Å². The predicted octanol–water partition coefficient (Wildman–Crippen LogP) is 5.48. The number of aliphatic imine (C=N–C) groups is 1. The van der Waals surface area contributed by atoms with Crippen LogP contribution in [0.25, 0.3) is 0 Å². The molecule has 2 heterocycles. The first-order chi connectivity index (χ1) is 16.1. The van der Waals surface area contributed by atoms with E-state index in [4.69, 9.17) is 9.47 Å². The zero-order valence-electron chi connectivity index (χ0n) is 19.6. The molecule has 0 bridgehead atoms. The molecule has 9 heteroatoms. The summed E-state index contributed by atoms with van der Waals surface area (Å²) in [6.45, 7) is 7.49. The minimum absolute atomic E-state index is 0.0816. The fraction of sp³-hybridized carbons (Fsp3) is 0.440. The maximum absolute atomic E-state index is 13.4. The van der Waals surface area contributed by atoms with Crippen LogP contribution >= 0.6 is 0 Å². The van der Waals surface area contributed by atoms with E-state index in [9.17, 15) is 18.0 Å². The molecule has 34 heavy (non-hydrogen) atoms. The summed E-state index contributed by atoms with van der Waals surface area (Å²) in [4.78, 5) is 21.2. The Morgan fingerprint density at radius 3 is 2.56 bits per heavy atom. The van der Waals surface area contributed by atoms with Gasteiger partial charge in [-0.3, -0.25) is 4.79 Å². The zero-order chi connectivity index (χ0) is 24.6. The monoisotopic (exact) mass is 475 g/mol. The van der Waals surface area contributed by atoms with Gasteiger partial charge in [0.15, 0.2) is 5.75 Å². The molecule has 0 radical (unpaired) electrons. The molecule has 2 aromatic carbocycles. The molecule has 2 aromatic rings. The van der Waals surface area contributed by atoms with Crippen molar-refractivity contribution in [2.24, 2.45) is 10.9 Å². The van der Waals surface area contributed by atoms with Crippen LogP contribution in [-0.2, 0) is 11.0 Å². The molecule has 0 aromatic heterocycles. The summed E-state index contributed by atoms with van der Waals surface area (Å²) in [5.74, 6) is 2.16. The van der Waals surface area contributed by atoms with Crippen molar-refractivity contribution < 1.29 is 27.4 Å². The predicted molar refractivity (Wildman–Crippen MR) is 123 cm³/mol. The molecule has 1 amide bonds. The number of fused-ring (bicyclic) bond motifs is 2. The summed E-state index contributed by atoms with van der Waals surface area (Å²) < 4.78 is 51.5. The summed E-state index contributed by atoms with van der Waals surface area (Å²) in [5.41, 5.74) is -0.0665. The van der Waals surface area contributed by atoms with Crippen LogP contribution in [0, 0.1) is 5.92 Å². The molecule has 1 unspecified atom stereocenters. The molecule has 1 saturated heterocycles. The number of carbonyl (C=O) groups excluding carboxylic acids is 1. The van der Waals surface area contributed by atoms with Crippen molar-refractivity contribution in [2.75, 3.05) is 26.7 Å². The number of hydrogen-bond acceptors (Lipinski definition) is 5. The molecule has 1 fully saturated rings.